The zero-order valence-corrected chi connectivity index (χ0v) is 11.0. The number of benzene rings is 1. The normalized spacial score (nSPS) is 15.8. The van der Waals surface area contributed by atoms with Gasteiger partial charge in [0.05, 0.1) is 12.6 Å². The highest BCUT2D eigenvalue weighted by Gasteiger charge is 2.34. The molecule has 2 unspecified atom stereocenters. The Morgan fingerprint density at radius 2 is 1.89 bits per heavy atom. The van der Waals surface area contributed by atoms with Crippen molar-refractivity contribution in [3.8, 4) is 0 Å². The van der Waals surface area contributed by atoms with Gasteiger partial charge in [0.2, 0.25) is 0 Å². The summed E-state index contributed by atoms with van der Waals surface area (Å²) in [5, 5.41) is 0.425. The molecule has 0 saturated carbocycles. The first-order valence-electron chi connectivity index (χ1n) is 5.49. The van der Waals surface area contributed by atoms with Gasteiger partial charge in [0, 0.05) is 11.1 Å². The van der Waals surface area contributed by atoms with Crippen LogP contribution < -0.4 is 5.73 Å². The molecule has 1 aromatic carbocycles. The van der Waals surface area contributed by atoms with Crippen LogP contribution in [0.3, 0.4) is 0 Å². The summed E-state index contributed by atoms with van der Waals surface area (Å²) in [6.07, 6.45) is -4.26. The summed E-state index contributed by atoms with van der Waals surface area (Å²) in [6.45, 7) is 0.644. The second kappa shape index (κ2) is 5.91. The molecule has 1 aromatic rings. The highest BCUT2D eigenvalue weighted by Crippen LogP contribution is 2.30. The Bertz CT molecular complexity index is 393. The summed E-state index contributed by atoms with van der Waals surface area (Å²) < 4.78 is 37.3. The van der Waals surface area contributed by atoms with E-state index in [0.29, 0.717) is 10.6 Å². The Labute approximate surface area is 110 Å². The molecule has 18 heavy (non-hydrogen) atoms. The van der Waals surface area contributed by atoms with Crippen molar-refractivity contribution in [1.29, 1.82) is 0 Å². The van der Waals surface area contributed by atoms with E-state index < -0.39 is 24.8 Å². The molecule has 0 aliphatic carbocycles. The average Bonchev–Trinajstić information content (AvgIpc) is 2.17. The van der Waals surface area contributed by atoms with Gasteiger partial charge in [-0.05, 0) is 25.6 Å². The minimum absolute atomic E-state index is 0.425. The first kappa shape index (κ1) is 15.3. The van der Waals surface area contributed by atoms with E-state index in [1.807, 2.05) is 0 Å². The number of halogens is 4. The number of alkyl halides is 3. The van der Waals surface area contributed by atoms with Crippen LogP contribution in [-0.4, -0.2) is 30.7 Å². The lowest BCUT2D eigenvalue weighted by molar-refractivity contribution is -0.148. The molecule has 2 N–H and O–H groups in total. The molecule has 0 heterocycles. The lowest BCUT2D eigenvalue weighted by Crippen LogP contribution is -2.41. The molecule has 2 nitrogen and oxygen atoms in total. The largest absolute Gasteiger partial charge is 0.401 e. The Balaban J connectivity index is 3.00. The highest BCUT2D eigenvalue weighted by molar-refractivity contribution is 6.31. The fourth-order valence-electron chi connectivity index (χ4n) is 2.02. The van der Waals surface area contributed by atoms with Crippen molar-refractivity contribution in [3.05, 3.63) is 34.9 Å². The topological polar surface area (TPSA) is 29.3 Å². The molecule has 6 heteroatoms. The molecule has 0 amide bonds. The first-order chi connectivity index (χ1) is 8.22. The summed E-state index contributed by atoms with van der Waals surface area (Å²) >= 11 is 6.01. The van der Waals surface area contributed by atoms with Gasteiger partial charge in [-0.2, -0.15) is 13.2 Å². The number of nitrogens with two attached hydrogens (primary N) is 1. The fraction of sp³-hybridized carbons (Fsp3) is 0.500. The third-order valence-corrected chi connectivity index (χ3v) is 2.97. The molecule has 0 bridgehead atoms. The SMILES string of the molecule is CC(N)C(c1ccccc1Cl)N(C)CC(F)(F)F. The maximum absolute atomic E-state index is 12.4. The maximum atomic E-state index is 12.4. The molecule has 0 spiro atoms. The van der Waals surface area contributed by atoms with Crippen LogP contribution in [0, 0.1) is 0 Å². The van der Waals surface area contributed by atoms with E-state index in [1.54, 1.807) is 31.2 Å². The van der Waals surface area contributed by atoms with E-state index in [0.717, 1.165) is 0 Å². The van der Waals surface area contributed by atoms with E-state index in [-0.39, 0.29) is 0 Å². The van der Waals surface area contributed by atoms with Crippen LogP contribution in [0.5, 0.6) is 0 Å². The Morgan fingerprint density at radius 1 is 1.33 bits per heavy atom. The standard InChI is InChI=1S/C12H16ClF3N2/c1-8(17)11(18(2)7-12(14,15)16)9-5-3-4-6-10(9)13/h3-6,8,11H,7,17H2,1-2H3. The van der Waals surface area contributed by atoms with Gasteiger partial charge < -0.3 is 5.73 Å². The lowest BCUT2D eigenvalue weighted by Gasteiger charge is -2.32. The van der Waals surface area contributed by atoms with Gasteiger partial charge >= 0.3 is 6.18 Å². The van der Waals surface area contributed by atoms with Crippen molar-refractivity contribution < 1.29 is 13.2 Å². The molecule has 0 radical (unpaired) electrons. The van der Waals surface area contributed by atoms with Crippen LogP contribution in [0.15, 0.2) is 24.3 Å². The van der Waals surface area contributed by atoms with Gasteiger partial charge in [-0.15, -0.1) is 0 Å². The monoisotopic (exact) mass is 280 g/mol. The van der Waals surface area contributed by atoms with Gasteiger partial charge in [-0.25, -0.2) is 0 Å². The van der Waals surface area contributed by atoms with Gasteiger partial charge in [0.1, 0.15) is 0 Å². The van der Waals surface area contributed by atoms with Crippen LogP contribution >= 0.6 is 11.6 Å². The quantitative estimate of drug-likeness (QED) is 0.917. The number of likely N-dealkylation sites (N-methyl/N-ethyl adjacent to an activating group) is 1. The van der Waals surface area contributed by atoms with Crippen LogP contribution in [0.2, 0.25) is 5.02 Å². The van der Waals surface area contributed by atoms with E-state index in [1.165, 1.54) is 11.9 Å². The predicted octanol–water partition coefficient (Wildman–Crippen LogP) is 3.22. The van der Waals surface area contributed by atoms with Crippen LogP contribution in [-0.2, 0) is 0 Å². The summed E-state index contributed by atoms with van der Waals surface area (Å²) in [5.41, 5.74) is 6.40. The number of hydrogen-bond acceptors (Lipinski definition) is 2. The maximum Gasteiger partial charge on any atom is 0.401 e. The lowest BCUT2D eigenvalue weighted by atomic mass is 9.99. The summed E-state index contributed by atoms with van der Waals surface area (Å²) in [7, 11) is 1.39. The first-order valence-corrected chi connectivity index (χ1v) is 5.87. The van der Waals surface area contributed by atoms with Crippen molar-refractivity contribution in [2.24, 2.45) is 5.73 Å². The van der Waals surface area contributed by atoms with Gasteiger partial charge in [-0.3, -0.25) is 4.90 Å². The molecule has 0 aromatic heterocycles. The molecule has 0 fully saturated rings. The highest BCUT2D eigenvalue weighted by atomic mass is 35.5. The molecule has 2 atom stereocenters. The Kier molecular flexibility index (Phi) is 5.01. The van der Waals surface area contributed by atoms with Crippen molar-refractivity contribution >= 4 is 11.6 Å². The van der Waals surface area contributed by atoms with Crippen molar-refractivity contribution in [2.45, 2.75) is 25.2 Å². The van der Waals surface area contributed by atoms with Crippen molar-refractivity contribution in [3.63, 3.8) is 0 Å². The molecule has 0 aliphatic heterocycles. The number of nitrogens with zero attached hydrogens (tertiary/aromatic N) is 1. The van der Waals surface area contributed by atoms with Gasteiger partial charge in [0.25, 0.3) is 0 Å². The molecule has 102 valence electrons. The third kappa shape index (κ3) is 4.15. The molecule has 0 aliphatic rings. The number of rotatable bonds is 4. The van der Waals surface area contributed by atoms with Gasteiger partial charge in [-0.1, -0.05) is 29.8 Å². The van der Waals surface area contributed by atoms with Crippen LogP contribution in [0.1, 0.15) is 18.5 Å². The van der Waals surface area contributed by atoms with Gasteiger partial charge in [0.15, 0.2) is 0 Å². The minimum Gasteiger partial charge on any atom is -0.326 e. The molecule has 0 saturated heterocycles. The second-order valence-electron chi connectivity index (χ2n) is 4.36. The zero-order valence-electron chi connectivity index (χ0n) is 10.2. The second-order valence-corrected chi connectivity index (χ2v) is 4.76. The minimum atomic E-state index is -4.26. The average molecular weight is 281 g/mol. The van der Waals surface area contributed by atoms with Crippen LogP contribution in [0.25, 0.3) is 0 Å². The molecular weight excluding hydrogens is 265 g/mol. The smallest absolute Gasteiger partial charge is 0.326 e. The van der Waals surface area contributed by atoms with Crippen LogP contribution in [0.4, 0.5) is 13.2 Å². The molecular formula is C12H16ClF3N2. The summed E-state index contributed by atoms with van der Waals surface area (Å²) in [6, 6.07) is 5.78. The van der Waals surface area contributed by atoms with E-state index in [9.17, 15) is 13.2 Å². The molecule has 1 rings (SSSR count). The van der Waals surface area contributed by atoms with Crippen molar-refractivity contribution in [2.75, 3.05) is 13.6 Å². The summed E-state index contributed by atoms with van der Waals surface area (Å²) in [4.78, 5) is 1.17. The van der Waals surface area contributed by atoms with E-state index in [2.05, 4.69) is 0 Å². The van der Waals surface area contributed by atoms with Crippen molar-refractivity contribution in [1.82, 2.24) is 4.90 Å². The third-order valence-electron chi connectivity index (χ3n) is 2.63. The predicted molar refractivity (Wildman–Crippen MR) is 66.5 cm³/mol. The summed E-state index contributed by atoms with van der Waals surface area (Å²) in [5.74, 6) is 0. The Morgan fingerprint density at radius 3 is 2.33 bits per heavy atom. The number of hydrogen-bond donors (Lipinski definition) is 1. The fourth-order valence-corrected chi connectivity index (χ4v) is 2.27. The van der Waals surface area contributed by atoms with E-state index in [4.69, 9.17) is 17.3 Å². The van der Waals surface area contributed by atoms with E-state index >= 15 is 0 Å². The Hall–Kier alpha value is -0.780. The zero-order chi connectivity index (χ0) is 13.9.